The van der Waals surface area contributed by atoms with Crippen molar-refractivity contribution >= 4 is 17.4 Å². The van der Waals surface area contributed by atoms with Gasteiger partial charge in [-0.3, -0.25) is 9.59 Å². The molecule has 1 unspecified atom stereocenters. The van der Waals surface area contributed by atoms with Gasteiger partial charge < -0.3 is 14.7 Å². The first-order valence-electron chi connectivity index (χ1n) is 11.1. The standard InChI is InChI=1S/C26H28FNO4/c1-15(2)19-14-16(12-13-21(19)32-3)24(29)22-23(18-10-6-7-11-20(18)27)28(26(31)25(22)30)17-8-4-5-9-17/h6-7,10-15,17,23,29H,4-5,8-9H2,1-3H3/b24-22+. The van der Waals surface area contributed by atoms with Crippen molar-refractivity contribution in [2.75, 3.05) is 7.11 Å². The summed E-state index contributed by atoms with van der Waals surface area (Å²) in [6.07, 6.45) is 3.43. The number of Topliss-reactive ketones (excluding diaryl/α,β-unsaturated/α-hetero) is 1. The third kappa shape index (κ3) is 3.68. The van der Waals surface area contributed by atoms with E-state index in [2.05, 4.69) is 0 Å². The van der Waals surface area contributed by atoms with Crippen molar-refractivity contribution < 1.29 is 23.8 Å². The Bertz CT molecular complexity index is 1080. The van der Waals surface area contributed by atoms with Crippen molar-refractivity contribution in [2.24, 2.45) is 0 Å². The van der Waals surface area contributed by atoms with Crippen LogP contribution in [0.1, 0.15) is 68.2 Å². The lowest BCUT2D eigenvalue weighted by Crippen LogP contribution is -2.38. The van der Waals surface area contributed by atoms with E-state index in [0.29, 0.717) is 11.3 Å². The summed E-state index contributed by atoms with van der Waals surface area (Å²) in [5.41, 5.74) is 1.42. The molecule has 0 aromatic heterocycles. The average Bonchev–Trinajstić information content (AvgIpc) is 3.40. The second kappa shape index (κ2) is 8.77. The van der Waals surface area contributed by atoms with Gasteiger partial charge in [0, 0.05) is 17.2 Å². The summed E-state index contributed by atoms with van der Waals surface area (Å²) in [7, 11) is 1.58. The first kappa shape index (κ1) is 22.1. The lowest BCUT2D eigenvalue weighted by Gasteiger charge is -2.31. The van der Waals surface area contributed by atoms with Crippen molar-refractivity contribution in [3.63, 3.8) is 0 Å². The average molecular weight is 438 g/mol. The number of rotatable bonds is 5. The molecule has 1 atom stereocenters. The summed E-state index contributed by atoms with van der Waals surface area (Å²) in [5, 5.41) is 11.3. The molecule has 32 heavy (non-hydrogen) atoms. The minimum Gasteiger partial charge on any atom is -0.507 e. The van der Waals surface area contributed by atoms with Crippen LogP contribution in [-0.2, 0) is 9.59 Å². The van der Waals surface area contributed by atoms with E-state index < -0.39 is 23.5 Å². The van der Waals surface area contributed by atoms with Gasteiger partial charge in [0.2, 0.25) is 0 Å². The lowest BCUT2D eigenvalue weighted by molar-refractivity contribution is -0.141. The van der Waals surface area contributed by atoms with E-state index in [1.54, 1.807) is 43.5 Å². The van der Waals surface area contributed by atoms with E-state index >= 15 is 0 Å². The van der Waals surface area contributed by atoms with Crippen molar-refractivity contribution in [2.45, 2.75) is 57.5 Å². The Balaban J connectivity index is 1.91. The molecule has 1 aliphatic heterocycles. The van der Waals surface area contributed by atoms with Crippen LogP contribution in [0.25, 0.3) is 5.76 Å². The molecule has 1 heterocycles. The Morgan fingerprint density at radius 3 is 2.44 bits per heavy atom. The number of nitrogens with zero attached hydrogens (tertiary/aromatic N) is 1. The van der Waals surface area contributed by atoms with Gasteiger partial charge in [0.25, 0.3) is 11.7 Å². The van der Waals surface area contributed by atoms with Crippen LogP contribution in [0, 0.1) is 5.82 Å². The minimum atomic E-state index is -0.955. The highest BCUT2D eigenvalue weighted by molar-refractivity contribution is 6.46. The fourth-order valence-electron chi connectivity index (χ4n) is 4.90. The Hall–Kier alpha value is -3.15. The maximum Gasteiger partial charge on any atom is 0.295 e. The van der Waals surface area contributed by atoms with Crippen LogP contribution in [0.4, 0.5) is 4.39 Å². The van der Waals surface area contributed by atoms with Gasteiger partial charge in [0.15, 0.2) is 0 Å². The van der Waals surface area contributed by atoms with Gasteiger partial charge in [-0.2, -0.15) is 0 Å². The maximum absolute atomic E-state index is 14.9. The molecule has 1 amide bonds. The van der Waals surface area contributed by atoms with E-state index in [0.717, 1.165) is 31.2 Å². The number of methoxy groups -OCH3 is 1. The SMILES string of the molecule is COc1ccc(/C(O)=C2\C(=O)C(=O)N(C3CCCC3)C2c2ccccc2F)cc1C(C)C. The molecule has 2 fully saturated rings. The number of benzene rings is 2. The van der Waals surface area contributed by atoms with Gasteiger partial charge in [0.05, 0.1) is 18.7 Å². The zero-order valence-electron chi connectivity index (χ0n) is 18.6. The Labute approximate surface area is 187 Å². The summed E-state index contributed by atoms with van der Waals surface area (Å²) < 4.78 is 20.3. The van der Waals surface area contributed by atoms with Crippen LogP contribution in [0.5, 0.6) is 5.75 Å². The predicted molar refractivity (Wildman–Crippen MR) is 120 cm³/mol. The van der Waals surface area contributed by atoms with Gasteiger partial charge in [-0.1, -0.05) is 44.9 Å². The third-order valence-electron chi connectivity index (χ3n) is 6.52. The molecule has 2 aromatic rings. The third-order valence-corrected chi connectivity index (χ3v) is 6.52. The van der Waals surface area contributed by atoms with Crippen molar-refractivity contribution in [1.82, 2.24) is 4.90 Å². The van der Waals surface area contributed by atoms with Gasteiger partial charge >= 0.3 is 0 Å². The molecule has 5 nitrogen and oxygen atoms in total. The highest BCUT2D eigenvalue weighted by atomic mass is 19.1. The lowest BCUT2D eigenvalue weighted by atomic mass is 9.92. The minimum absolute atomic E-state index is 0.0631. The molecule has 1 N–H and O–H groups in total. The smallest absolute Gasteiger partial charge is 0.295 e. The second-order valence-electron chi connectivity index (χ2n) is 8.78. The zero-order valence-corrected chi connectivity index (χ0v) is 18.6. The summed E-state index contributed by atoms with van der Waals surface area (Å²) in [5.74, 6) is -1.46. The van der Waals surface area contributed by atoms with E-state index in [-0.39, 0.29) is 28.9 Å². The second-order valence-corrected chi connectivity index (χ2v) is 8.78. The Morgan fingerprint density at radius 2 is 1.81 bits per heavy atom. The number of hydrogen-bond acceptors (Lipinski definition) is 4. The van der Waals surface area contributed by atoms with Gasteiger partial charge in [0.1, 0.15) is 17.3 Å². The molecule has 1 saturated heterocycles. The van der Waals surface area contributed by atoms with Crippen LogP contribution in [0.15, 0.2) is 48.0 Å². The normalized spacial score (nSPS) is 21.0. The highest BCUT2D eigenvalue weighted by Gasteiger charge is 2.49. The van der Waals surface area contributed by atoms with Crippen LogP contribution in [0.2, 0.25) is 0 Å². The number of carbonyl (C=O) groups is 2. The maximum atomic E-state index is 14.9. The van der Waals surface area contributed by atoms with Crippen LogP contribution < -0.4 is 4.74 Å². The number of amides is 1. The molecule has 2 aromatic carbocycles. The fraction of sp³-hybridized carbons (Fsp3) is 0.385. The molecule has 4 rings (SSSR count). The largest absolute Gasteiger partial charge is 0.507 e. The van der Waals surface area contributed by atoms with E-state index in [1.165, 1.54) is 11.0 Å². The molecule has 1 saturated carbocycles. The molecule has 2 aliphatic rings. The number of ether oxygens (including phenoxy) is 1. The van der Waals surface area contributed by atoms with Gasteiger partial charge in [-0.05, 0) is 48.6 Å². The monoisotopic (exact) mass is 437 g/mol. The number of aliphatic hydroxyl groups is 1. The van der Waals surface area contributed by atoms with Gasteiger partial charge in [-0.25, -0.2) is 4.39 Å². The number of hydrogen-bond donors (Lipinski definition) is 1. The summed E-state index contributed by atoms with van der Waals surface area (Å²) in [4.78, 5) is 27.8. The van der Waals surface area contributed by atoms with E-state index in [4.69, 9.17) is 4.74 Å². The summed E-state index contributed by atoms with van der Waals surface area (Å²) in [6, 6.07) is 10.2. The van der Waals surface area contributed by atoms with Crippen molar-refractivity contribution in [3.05, 3.63) is 70.5 Å². The van der Waals surface area contributed by atoms with E-state index in [1.807, 2.05) is 13.8 Å². The Morgan fingerprint density at radius 1 is 1.12 bits per heavy atom. The molecular formula is C26H28FNO4. The number of carbonyl (C=O) groups excluding carboxylic acids is 2. The molecule has 1 aliphatic carbocycles. The number of ketones is 1. The molecule has 0 spiro atoms. The van der Waals surface area contributed by atoms with E-state index in [9.17, 15) is 19.1 Å². The molecular weight excluding hydrogens is 409 g/mol. The van der Waals surface area contributed by atoms with Crippen LogP contribution in [-0.4, -0.2) is 34.8 Å². The van der Waals surface area contributed by atoms with Crippen LogP contribution >= 0.6 is 0 Å². The topological polar surface area (TPSA) is 66.8 Å². The molecule has 0 bridgehead atoms. The first-order valence-corrected chi connectivity index (χ1v) is 11.1. The fourth-order valence-corrected chi connectivity index (χ4v) is 4.90. The molecule has 0 radical (unpaired) electrons. The van der Waals surface area contributed by atoms with Crippen molar-refractivity contribution in [3.8, 4) is 5.75 Å². The van der Waals surface area contributed by atoms with Gasteiger partial charge in [-0.15, -0.1) is 0 Å². The van der Waals surface area contributed by atoms with Crippen molar-refractivity contribution in [1.29, 1.82) is 0 Å². The highest BCUT2D eigenvalue weighted by Crippen LogP contribution is 2.44. The predicted octanol–water partition coefficient (Wildman–Crippen LogP) is 5.32. The first-order chi connectivity index (χ1) is 15.3. The van der Waals surface area contributed by atoms with Crippen LogP contribution in [0.3, 0.4) is 0 Å². The quantitative estimate of drug-likeness (QED) is 0.390. The zero-order chi connectivity index (χ0) is 23.0. The molecule has 168 valence electrons. The number of halogens is 1. The number of aliphatic hydroxyl groups excluding tert-OH is 1. The summed E-state index contributed by atoms with van der Waals surface area (Å²) in [6.45, 7) is 4.00. The Kier molecular flexibility index (Phi) is 6.04. The number of likely N-dealkylation sites (tertiary alicyclic amines) is 1. The summed E-state index contributed by atoms with van der Waals surface area (Å²) >= 11 is 0. The molecule has 6 heteroatoms.